The van der Waals surface area contributed by atoms with Crippen LogP contribution < -0.4 is 5.73 Å². The Labute approximate surface area is 99.1 Å². The van der Waals surface area contributed by atoms with Crippen LogP contribution in [-0.4, -0.2) is 19.0 Å². The molecule has 4 nitrogen and oxygen atoms in total. The fourth-order valence-electron chi connectivity index (χ4n) is 1.04. The standard InChI is InChI=1S/C13H11NO3/c1-17-13(16)9-7-11-4-2-10(3-5-11)6-8-12(14)15/h2-5,7,9H,1H3,(H2,14,15)/b9-7+. The molecule has 0 fully saturated rings. The highest BCUT2D eigenvalue weighted by molar-refractivity contribution is 5.92. The van der Waals surface area contributed by atoms with E-state index in [1.165, 1.54) is 13.2 Å². The predicted molar refractivity (Wildman–Crippen MR) is 63.6 cm³/mol. The van der Waals surface area contributed by atoms with Crippen molar-refractivity contribution >= 4 is 18.0 Å². The molecule has 0 aliphatic heterocycles. The second kappa shape index (κ2) is 6.13. The van der Waals surface area contributed by atoms with Gasteiger partial charge in [-0.1, -0.05) is 18.1 Å². The van der Waals surface area contributed by atoms with Crippen molar-refractivity contribution in [3.8, 4) is 11.8 Å². The van der Waals surface area contributed by atoms with Gasteiger partial charge in [0.25, 0.3) is 5.91 Å². The molecule has 0 heterocycles. The molecule has 0 spiro atoms. The Morgan fingerprint density at radius 2 is 1.94 bits per heavy atom. The van der Waals surface area contributed by atoms with Crippen LogP contribution in [0.15, 0.2) is 30.3 Å². The summed E-state index contributed by atoms with van der Waals surface area (Å²) in [5.41, 5.74) is 6.40. The van der Waals surface area contributed by atoms with Crippen LogP contribution >= 0.6 is 0 Å². The number of methoxy groups -OCH3 is 1. The summed E-state index contributed by atoms with van der Waals surface area (Å²) < 4.78 is 4.46. The number of esters is 1. The average molecular weight is 229 g/mol. The van der Waals surface area contributed by atoms with E-state index >= 15 is 0 Å². The molecule has 1 amide bonds. The Hall–Kier alpha value is -2.54. The molecule has 0 saturated heterocycles. The van der Waals surface area contributed by atoms with Crippen molar-refractivity contribution in [3.05, 3.63) is 41.5 Å². The summed E-state index contributed by atoms with van der Waals surface area (Å²) >= 11 is 0. The molecule has 86 valence electrons. The van der Waals surface area contributed by atoms with Gasteiger partial charge in [0.15, 0.2) is 0 Å². The number of hydrogen-bond donors (Lipinski definition) is 1. The molecule has 0 aliphatic rings. The van der Waals surface area contributed by atoms with Crippen molar-refractivity contribution in [2.24, 2.45) is 5.73 Å². The first-order valence-electron chi connectivity index (χ1n) is 4.79. The van der Waals surface area contributed by atoms with Gasteiger partial charge in [0, 0.05) is 11.6 Å². The Bertz CT molecular complexity index is 504. The van der Waals surface area contributed by atoms with Gasteiger partial charge in [-0.15, -0.1) is 0 Å². The lowest BCUT2D eigenvalue weighted by Gasteiger charge is -1.94. The van der Waals surface area contributed by atoms with Crippen LogP contribution in [0, 0.1) is 11.8 Å². The van der Waals surface area contributed by atoms with Gasteiger partial charge in [-0.3, -0.25) is 4.79 Å². The summed E-state index contributed by atoms with van der Waals surface area (Å²) in [6, 6.07) is 6.99. The van der Waals surface area contributed by atoms with Crippen LogP contribution in [0.3, 0.4) is 0 Å². The van der Waals surface area contributed by atoms with Crippen molar-refractivity contribution in [1.82, 2.24) is 0 Å². The van der Waals surface area contributed by atoms with Gasteiger partial charge in [0.2, 0.25) is 0 Å². The summed E-state index contributed by atoms with van der Waals surface area (Å²) in [4.78, 5) is 21.3. The van der Waals surface area contributed by atoms with Crippen LogP contribution in [0.2, 0.25) is 0 Å². The smallest absolute Gasteiger partial charge is 0.330 e. The van der Waals surface area contributed by atoms with E-state index in [2.05, 4.69) is 16.6 Å². The number of ether oxygens (including phenoxy) is 1. The fourth-order valence-corrected chi connectivity index (χ4v) is 1.04. The van der Waals surface area contributed by atoms with Gasteiger partial charge in [0.1, 0.15) is 0 Å². The number of carbonyl (C=O) groups excluding carboxylic acids is 2. The van der Waals surface area contributed by atoms with Crippen LogP contribution in [0.4, 0.5) is 0 Å². The maximum atomic E-state index is 10.8. The summed E-state index contributed by atoms with van der Waals surface area (Å²) in [7, 11) is 1.31. The third kappa shape index (κ3) is 4.67. The van der Waals surface area contributed by atoms with E-state index in [0.717, 1.165) is 5.56 Å². The number of amides is 1. The summed E-state index contributed by atoms with van der Waals surface area (Å²) in [6.45, 7) is 0. The second-order valence-electron chi connectivity index (χ2n) is 3.09. The Kier molecular flexibility index (Phi) is 4.52. The highest BCUT2D eigenvalue weighted by Gasteiger charge is 1.92. The lowest BCUT2D eigenvalue weighted by atomic mass is 10.1. The van der Waals surface area contributed by atoms with Gasteiger partial charge >= 0.3 is 5.97 Å². The maximum Gasteiger partial charge on any atom is 0.330 e. The van der Waals surface area contributed by atoms with Crippen molar-refractivity contribution < 1.29 is 14.3 Å². The monoisotopic (exact) mass is 229 g/mol. The number of rotatable bonds is 2. The minimum atomic E-state index is -0.667. The quantitative estimate of drug-likeness (QED) is 0.461. The number of benzene rings is 1. The van der Waals surface area contributed by atoms with Crippen LogP contribution in [0.25, 0.3) is 6.08 Å². The third-order valence-corrected chi connectivity index (χ3v) is 1.85. The molecule has 0 bridgehead atoms. The van der Waals surface area contributed by atoms with Gasteiger partial charge in [-0.05, 0) is 29.7 Å². The maximum absolute atomic E-state index is 10.8. The highest BCUT2D eigenvalue weighted by atomic mass is 16.5. The molecule has 1 aromatic rings. The minimum absolute atomic E-state index is 0.414. The second-order valence-corrected chi connectivity index (χ2v) is 3.09. The van der Waals surface area contributed by atoms with Crippen LogP contribution in [0.5, 0.6) is 0 Å². The summed E-state index contributed by atoms with van der Waals surface area (Å²) in [5, 5.41) is 0. The number of nitrogens with two attached hydrogens (primary N) is 1. The molecular formula is C13H11NO3. The average Bonchev–Trinajstić information content (AvgIpc) is 2.34. The number of primary amides is 1. The molecule has 17 heavy (non-hydrogen) atoms. The zero-order chi connectivity index (χ0) is 12.7. The zero-order valence-corrected chi connectivity index (χ0v) is 9.27. The molecule has 1 rings (SSSR count). The van der Waals surface area contributed by atoms with E-state index in [0.29, 0.717) is 5.56 Å². The van der Waals surface area contributed by atoms with Crippen molar-refractivity contribution in [3.63, 3.8) is 0 Å². The molecule has 0 aliphatic carbocycles. The molecule has 0 atom stereocenters. The zero-order valence-electron chi connectivity index (χ0n) is 9.27. The minimum Gasteiger partial charge on any atom is -0.466 e. The molecule has 0 saturated carbocycles. The van der Waals surface area contributed by atoms with Crippen molar-refractivity contribution in [2.45, 2.75) is 0 Å². The topological polar surface area (TPSA) is 69.4 Å². The Morgan fingerprint density at radius 1 is 1.29 bits per heavy atom. The van der Waals surface area contributed by atoms with Gasteiger partial charge in [-0.2, -0.15) is 0 Å². The molecule has 0 unspecified atom stereocenters. The van der Waals surface area contributed by atoms with Crippen LogP contribution in [0.1, 0.15) is 11.1 Å². The number of hydrogen-bond acceptors (Lipinski definition) is 3. The van der Waals surface area contributed by atoms with Crippen LogP contribution in [-0.2, 0) is 14.3 Å². The largest absolute Gasteiger partial charge is 0.466 e. The summed E-state index contributed by atoms with van der Waals surface area (Å²) in [5.74, 6) is 3.76. The van der Waals surface area contributed by atoms with Crippen molar-refractivity contribution in [1.29, 1.82) is 0 Å². The van der Waals surface area contributed by atoms with E-state index < -0.39 is 11.9 Å². The Balaban J connectivity index is 2.76. The molecule has 0 radical (unpaired) electrons. The Morgan fingerprint density at radius 3 is 2.47 bits per heavy atom. The highest BCUT2D eigenvalue weighted by Crippen LogP contribution is 2.05. The first-order chi connectivity index (χ1) is 8.11. The van der Waals surface area contributed by atoms with E-state index in [1.807, 2.05) is 0 Å². The van der Waals surface area contributed by atoms with E-state index in [1.54, 1.807) is 30.3 Å². The predicted octanol–water partition coefficient (Wildman–Crippen LogP) is 0.710. The van der Waals surface area contributed by atoms with Gasteiger partial charge < -0.3 is 10.5 Å². The lowest BCUT2D eigenvalue weighted by Crippen LogP contribution is -2.06. The molecule has 2 N–H and O–H groups in total. The SMILES string of the molecule is COC(=O)/C=C/c1ccc(C#CC(N)=O)cc1. The lowest BCUT2D eigenvalue weighted by molar-refractivity contribution is -0.134. The fraction of sp³-hybridized carbons (Fsp3) is 0.0769. The van der Waals surface area contributed by atoms with Gasteiger partial charge in [0.05, 0.1) is 7.11 Å². The first kappa shape index (κ1) is 12.5. The van der Waals surface area contributed by atoms with E-state index in [4.69, 9.17) is 5.73 Å². The van der Waals surface area contributed by atoms with Crippen molar-refractivity contribution in [2.75, 3.05) is 7.11 Å². The molecule has 1 aromatic carbocycles. The first-order valence-corrected chi connectivity index (χ1v) is 4.79. The molecular weight excluding hydrogens is 218 g/mol. The number of carbonyl (C=O) groups is 2. The third-order valence-electron chi connectivity index (χ3n) is 1.85. The summed E-state index contributed by atoms with van der Waals surface area (Å²) in [6.07, 6.45) is 2.95. The molecule has 0 aromatic heterocycles. The van der Waals surface area contributed by atoms with Gasteiger partial charge in [-0.25, -0.2) is 4.79 Å². The molecule has 4 heteroatoms. The van der Waals surface area contributed by atoms with E-state index in [-0.39, 0.29) is 0 Å². The van der Waals surface area contributed by atoms with E-state index in [9.17, 15) is 9.59 Å². The normalized spacial score (nSPS) is 9.47.